The first-order valence-corrected chi connectivity index (χ1v) is 9.72. The Labute approximate surface area is 180 Å². The monoisotopic (exact) mass is 414 g/mol. The maximum absolute atomic E-state index is 11.9. The van der Waals surface area contributed by atoms with Gasteiger partial charge in [0.05, 0.1) is 24.5 Å². The average molecular weight is 414 g/mol. The number of hydrazone groups is 1. The standard InChI is InChI=1S/C24H22N4O3/c1-2-30-23-14-18(16-26-28-24(29)27-21-10-4-3-5-11-21)12-13-22(23)31-17-20-9-7-6-8-19(20)15-25/h3-14,16H,2,17H2,1H3,(H2,27,28,29). The van der Waals surface area contributed by atoms with Crippen molar-refractivity contribution in [2.75, 3.05) is 11.9 Å². The summed E-state index contributed by atoms with van der Waals surface area (Å²) in [5.74, 6) is 1.11. The van der Waals surface area contributed by atoms with Crippen molar-refractivity contribution in [3.8, 4) is 17.6 Å². The van der Waals surface area contributed by atoms with Gasteiger partial charge in [-0.2, -0.15) is 10.4 Å². The Morgan fingerprint density at radius 3 is 2.58 bits per heavy atom. The van der Waals surface area contributed by atoms with Gasteiger partial charge >= 0.3 is 6.03 Å². The number of hydrogen-bond donors (Lipinski definition) is 2. The fourth-order valence-corrected chi connectivity index (χ4v) is 2.75. The molecule has 0 aliphatic rings. The molecule has 31 heavy (non-hydrogen) atoms. The lowest BCUT2D eigenvalue weighted by Gasteiger charge is -2.13. The van der Waals surface area contributed by atoms with Crippen molar-refractivity contribution >= 4 is 17.9 Å². The number of ether oxygens (including phenoxy) is 2. The normalized spacial score (nSPS) is 10.3. The fourth-order valence-electron chi connectivity index (χ4n) is 2.75. The maximum atomic E-state index is 11.9. The van der Waals surface area contributed by atoms with Gasteiger partial charge in [-0.3, -0.25) is 0 Å². The number of nitrogens with one attached hydrogen (secondary N) is 2. The van der Waals surface area contributed by atoms with Crippen LogP contribution in [0.4, 0.5) is 10.5 Å². The van der Waals surface area contributed by atoms with Crippen LogP contribution in [-0.4, -0.2) is 18.9 Å². The molecule has 7 heteroatoms. The van der Waals surface area contributed by atoms with Gasteiger partial charge in [0, 0.05) is 11.3 Å². The van der Waals surface area contributed by atoms with Gasteiger partial charge in [0.1, 0.15) is 6.61 Å². The zero-order chi connectivity index (χ0) is 21.9. The molecule has 7 nitrogen and oxygen atoms in total. The first-order valence-electron chi connectivity index (χ1n) is 9.72. The number of urea groups is 1. The largest absolute Gasteiger partial charge is 0.490 e. The summed E-state index contributed by atoms with van der Waals surface area (Å²) in [6.45, 7) is 2.59. The number of carbonyl (C=O) groups is 1. The maximum Gasteiger partial charge on any atom is 0.339 e. The zero-order valence-electron chi connectivity index (χ0n) is 17.0. The summed E-state index contributed by atoms with van der Waals surface area (Å²) in [5, 5.41) is 15.9. The van der Waals surface area contributed by atoms with E-state index < -0.39 is 6.03 Å². The van der Waals surface area contributed by atoms with Gasteiger partial charge in [-0.05, 0) is 48.9 Å². The molecule has 0 spiro atoms. The minimum absolute atomic E-state index is 0.248. The van der Waals surface area contributed by atoms with Crippen LogP contribution in [0.1, 0.15) is 23.6 Å². The van der Waals surface area contributed by atoms with Gasteiger partial charge in [-0.15, -0.1) is 0 Å². The van der Waals surface area contributed by atoms with E-state index in [1.807, 2.05) is 43.3 Å². The molecule has 0 saturated carbocycles. The summed E-state index contributed by atoms with van der Waals surface area (Å²) in [5.41, 5.74) is 5.20. The van der Waals surface area contributed by atoms with Crippen LogP contribution in [-0.2, 0) is 6.61 Å². The van der Waals surface area contributed by atoms with Crippen LogP contribution in [0.5, 0.6) is 11.5 Å². The second kappa shape index (κ2) is 11.0. The van der Waals surface area contributed by atoms with Crippen LogP contribution < -0.4 is 20.2 Å². The SMILES string of the molecule is CCOc1cc(C=NNC(=O)Nc2ccccc2)ccc1OCc1ccccc1C#N. The van der Waals surface area contributed by atoms with Crippen molar-refractivity contribution in [1.82, 2.24) is 5.43 Å². The summed E-state index contributed by atoms with van der Waals surface area (Å²) in [6.07, 6.45) is 1.52. The third kappa shape index (κ3) is 6.34. The van der Waals surface area contributed by atoms with E-state index in [1.165, 1.54) is 6.21 Å². The zero-order valence-corrected chi connectivity index (χ0v) is 17.0. The number of nitrogens with zero attached hydrogens (tertiary/aromatic N) is 2. The van der Waals surface area contributed by atoms with Gasteiger partial charge in [0.25, 0.3) is 0 Å². The van der Waals surface area contributed by atoms with Crippen LogP contribution in [0, 0.1) is 11.3 Å². The Kier molecular flexibility index (Phi) is 7.61. The highest BCUT2D eigenvalue weighted by molar-refractivity contribution is 5.90. The molecule has 3 aromatic rings. The first-order chi connectivity index (χ1) is 15.2. The highest BCUT2D eigenvalue weighted by Gasteiger charge is 2.08. The summed E-state index contributed by atoms with van der Waals surface area (Å²) in [7, 11) is 0. The highest BCUT2D eigenvalue weighted by Crippen LogP contribution is 2.29. The molecular weight excluding hydrogens is 392 g/mol. The molecule has 156 valence electrons. The van der Waals surface area contributed by atoms with Crippen molar-refractivity contribution in [1.29, 1.82) is 5.26 Å². The summed E-state index contributed by atoms with van der Waals surface area (Å²) in [4.78, 5) is 11.9. The Bertz CT molecular complexity index is 1090. The van der Waals surface area contributed by atoms with E-state index in [0.717, 1.165) is 11.1 Å². The van der Waals surface area contributed by atoms with Gasteiger partial charge in [0.2, 0.25) is 0 Å². The quantitative estimate of drug-likeness (QED) is 0.413. The lowest BCUT2D eigenvalue weighted by atomic mass is 10.1. The topological polar surface area (TPSA) is 95.7 Å². The molecule has 0 aromatic heterocycles. The highest BCUT2D eigenvalue weighted by atomic mass is 16.5. The number of hydrogen-bond acceptors (Lipinski definition) is 5. The number of carbonyl (C=O) groups excluding carboxylic acids is 1. The number of para-hydroxylation sites is 1. The van der Waals surface area contributed by atoms with Gasteiger partial charge in [-0.1, -0.05) is 36.4 Å². The van der Waals surface area contributed by atoms with Crippen LogP contribution >= 0.6 is 0 Å². The smallest absolute Gasteiger partial charge is 0.339 e. The van der Waals surface area contributed by atoms with Crippen LogP contribution in [0.25, 0.3) is 0 Å². The van der Waals surface area contributed by atoms with Crippen molar-refractivity contribution in [2.24, 2.45) is 5.10 Å². The van der Waals surface area contributed by atoms with Crippen molar-refractivity contribution in [2.45, 2.75) is 13.5 Å². The molecule has 0 bridgehead atoms. The molecule has 0 heterocycles. The third-order valence-corrected chi connectivity index (χ3v) is 4.20. The first kappa shape index (κ1) is 21.4. The third-order valence-electron chi connectivity index (χ3n) is 4.20. The van der Waals surface area contributed by atoms with Crippen molar-refractivity contribution in [3.63, 3.8) is 0 Å². The lowest BCUT2D eigenvalue weighted by molar-refractivity contribution is 0.252. The van der Waals surface area contributed by atoms with Gasteiger partial charge in [-0.25, -0.2) is 10.2 Å². The Morgan fingerprint density at radius 2 is 1.81 bits per heavy atom. The van der Waals surface area contributed by atoms with Crippen LogP contribution in [0.2, 0.25) is 0 Å². The van der Waals surface area contributed by atoms with E-state index in [1.54, 1.807) is 36.4 Å². The molecule has 0 unspecified atom stereocenters. The molecule has 0 fully saturated rings. The lowest BCUT2D eigenvalue weighted by Crippen LogP contribution is -2.24. The molecule has 0 atom stereocenters. The number of rotatable bonds is 8. The second-order valence-corrected chi connectivity index (χ2v) is 6.39. The summed E-state index contributed by atoms with van der Waals surface area (Å²) >= 11 is 0. The molecule has 2 N–H and O–H groups in total. The molecule has 3 aromatic carbocycles. The van der Waals surface area contributed by atoms with E-state index in [0.29, 0.717) is 29.4 Å². The Hall–Kier alpha value is -4.31. The predicted octanol–water partition coefficient (Wildman–Crippen LogP) is 4.69. The van der Waals surface area contributed by atoms with Gasteiger partial charge in [0.15, 0.2) is 11.5 Å². The Morgan fingerprint density at radius 1 is 1.03 bits per heavy atom. The molecule has 0 aliphatic carbocycles. The number of anilines is 1. The predicted molar refractivity (Wildman–Crippen MR) is 119 cm³/mol. The average Bonchev–Trinajstić information content (AvgIpc) is 2.79. The molecule has 3 rings (SSSR count). The number of amides is 2. The van der Waals surface area contributed by atoms with E-state index >= 15 is 0 Å². The van der Waals surface area contributed by atoms with E-state index in [-0.39, 0.29) is 6.61 Å². The second-order valence-electron chi connectivity index (χ2n) is 6.39. The summed E-state index contributed by atoms with van der Waals surface area (Å²) < 4.78 is 11.6. The fraction of sp³-hybridized carbons (Fsp3) is 0.125. The van der Waals surface area contributed by atoms with E-state index in [9.17, 15) is 10.1 Å². The van der Waals surface area contributed by atoms with Gasteiger partial charge < -0.3 is 14.8 Å². The number of benzene rings is 3. The molecule has 0 aliphatic heterocycles. The van der Waals surface area contributed by atoms with Crippen molar-refractivity contribution < 1.29 is 14.3 Å². The minimum atomic E-state index is -0.441. The Balaban J connectivity index is 1.63. The molecule has 0 saturated heterocycles. The number of nitriles is 1. The van der Waals surface area contributed by atoms with Crippen LogP contribution in [0.3, 0.4) is 0 Å². The summed E-state index contributed by atoms with van der Waals surface area (Å²) in [6, 6.07) is 23.4. The molecular formula is C24H22N4O3. The van der Waals surface area contributed by atoms with E-state index in [4.69, 9.17) is 9.47 Å². The van der Waals surface area contributed by atoms with E-state index in [2.05, 4.69) is 21.9 Å². The van der Waals surface area contributed by atoms with Crippen molar-refractivity contribution in [3.05, 3.63) is 89.5 Å². The molecule has 0 radical (unpaired) electrons. The molecule has 2 amide bonds. The minimum Gasteiger partial charge on any atom is -0.490 e. The van der Waals surface area contributed by atoms with Crippen LogP contribution in [0.15, 0.2) is 77.9 Å².